The molecule has 0 spiro atoms. The number of carbonyl (C=O) groups excluding carboxylic acids is 1. The summed E-state index contributed by atoms with van der Waals surface area (Å²) in [5, 5.41) is 2.66. The van der Waals surface area contributed by atoms with E-state index in [9.17, 15) is 4.79 Å². The number of benzene rings is 1. The molecule has 0 bridgehead atoms. The Bertz CT molecular complexity index is 348. The molecule has 1 rings (SSSR count). The molecule has 5 heteroatoms. The number of hydrogen-bond donors (Lipinski definition) is 3. The maximum absolute atomic E-state index is 10.7. The van der Waals surface area contributed by atoms with Gasteiger partial charge in [0.2, 0.25) is 5.91 Å². The zero-order valence-electron chi connectivity index (χ0n) is 7.70. The topological polar surface area (TPSA) is 67.2 Å². The monoisotopic (exact) mass is 209 g/mol. The molecule has 0 radical (unpaired) electrons. The van der Waals surface area contributed by atoms with Crippen molar-refractivity contribution in [1.82, 2.24) is 5.43 Å². The Labute approximate surface area is 87.5 Å². The number of amides is 1. The highest BCUT2D eigenvalue weighted by Gasteiger charge is 1.99. The molecule has 0 aliphatic carbocycles. The number of carbonyl (C=O) groups is 1. The fourth-order valence-corrected chi connectivity index (χ4v) is 1.13. The lowest BCUT2D eigenvalue weighted by Crippen LogP contribution is -2.28. The normalized spacial score (nSPS) is 9.29. The van der Waals surface area contributed by atoms with Gasteiger partial charge in [0.25, 0.3) is 0 Å². The number of hydrazine groups is 1. The summed E-state index contributed by atoms with van der Waals surface area (Å²) in [6.07, 6.45) is 0. The van der Waals surface area contributed by atoms with Gasteiger partial charge in [-0.05, 0) is 24.3 Å². The first-order valence-electron chi connectivity index (χ1n) is 4.02. The second kappa shape index (κ2) is 4.69. The van der Waals surface area contributed by atoms with Crippen molar-refractivity contribution in [3.05, 3.63) is 29.8 Å². The van der Waals surface area contributed by atoms with Crippen molar-refractivity contribution >= 4 is 28.8 Å². The largest absolute Gasteiger partial charge is 0.326 e. The molecule has 0 aliphatic rings. The van der Waals surface area contributed by atoms with Crippen molar-refractivity contribution in [2.24, 2.45) is 5.84 Å². The molecule has 0 fully saturated rings. The highest BCUT2D eigenvalue weighted by atomic mass is 32.1. The number of thiocarbonyl (C=S) groups is 1. The van der Waals surface area contributed by atoms with Gasteiger partial charge in [0.15, 0.2) is 0 Å². The van der Waals surface area contributed by atoms with Gasteiger partial charge in [-0.1, -0.05) is 12.2 Å². The summed E-state index contributed by atoms with van der Waals surface area (Å²) in [4.78, 5) is 11.2. The Morgan fingerprint density at radius 1 is 1.36 bits per heavy atom. The number of hydrogen-bond acceptors (Lipinski definition) is 3. The van der Waals surface area contributed by atoms with Crippen LogP contribution < -0.4 is 16.6 Å². The van der Waals surface area contributed by atoms with Crippen LogP contribution in [0.5, 0.6) is 0 Å². The van der Waals surface area contributed by atoms with Gasteiger partial charge >= 0.3 is 0 Å². The number of rotatable bonds is 2. The Morgan fingerprint density at radius 3 is 2.36 bits per heavy atom. The van der Waals surface area contributed by atoms with Crippen LogP contribution in [0.25, 0.3) is 0 Å². The summed E-state index contributed by atoms with van der Waals surface area (Å²) in [6.45, 7) is 1.46. The van der Waals surface area contributed by atoms with Gasteiger partial charge in [-0.3, -0.25) is 4.79 Å². The minimum atomic E-state index is -0.0997. The number of nitrogens with two attached hydrogens (primary N) is 1. The third kappa shape index (κ3) is 2.79. The van der Waals surface area contributed by atoms with E-state index in [1.54, 1.807) is 24.3 Å². The maximum atomic E-state index is 10.7. The quantitative estimate of drug-likeness (QED) is 0.382. The van der Waals surface area contributed by atoms with Crippen LogP contribution in [0, 0.1) is 0 Å². The first-order chi connectivity index (χ1) is 6.63. The van der Waals surface area contributed by atoms with Gasteiger partial charge in [0.1, 0.15) is 4.99 Å². The molecule has 0 atom stereocenters. The molecule has 4 N–H and O–H groups in total. The van der Waals surface area contributed by atoms with Gasteiger partial charge in [-0.25, -0.2) is 5.84 Å². The smallest absolute Gasteiger partial charge is 0.221 e. The minimum Gasteiger partial charge on any atom is -0.326 e. The highest BCUT2D eigenvalue weighted by molar-refractivity contribution is 7.80. The molecule has 1 aromatic rings. The van der Waals surface area contributed by atoms with E-state index in [1.807, 2.05) is 0 Å². The van der Waals surface area contributed by atoms with E-state index in [0.717, 1.165) is 11.3 Å². The summed E-state index contributed by atoms with van der Waals surface area (Å²) in [5.74, 6) is 5.06. The van der Waals surface area contributed by atoms with Crippen molar-refractivity contribution in [3.8, 4) is 0 Å². The highest BCUT2D eigenvalue weighted by Crippen LogP contribution is 2.09. The van der Waals surface area contributed by atoms with Gasteiger partial charge in [0, 0.05) is 18.2 Å². The lowest BCUT2D eigenvalue weighted by atomic mass is 10.2. The molecular weight excluding hydrogens is 198 g/mol. The van der Waals surface area contributed by atoms with E-state index >= 15 is 0 Å². The van der Waals surface area contributed by atoms with Crippen molar-refractivity contribution in [3.63, 3.8) is 0 Å². The molecule has 1 aromatic carbocycles. The molecule has 0 saturated carbocycles. The summed E-state index contributed by atoms with van der Waals surface area (Å²) >= 11 is 4.93. The lowest BCUT2D eigenvalue weighted by Gasteiger charge is -2.04. The molecule has 0 aliphatic heterocycles. The van der Waals surface area contributed by atoms with E-state index < -0.39 is 0 Å². The average Bonchev–Trinajstić information content (AvgIpc) is 2.17. The molecular formula is C9H11N3OS. The Kier molecular flexibility index (Phi) is 3.55. The summed E-state index contributed by atoms with van der Waals surface area (Å²) in [5.41, 5.74) is 3.94. The van der Waals surface area contributed by atoms with Gasteiger partial charge in [0.05, 0.1) is 0 Å². The standard InChI is InChI=1S/C9H11N3OS/c1-6(13)11-8-4-2-7(3-5-8)9(14)12-10/h2-5H,10H2,1H3,(H,11,13)(H,12,14). The first kappa shape index (κ1) is 10.6. The van der Waals surface area contributed by atoms with Gasteiger partial charge < -0.3 is 10.7 Å². The molecule has 1 amide bonds. The molecule has 0 unspecified atom stereocenters. The van der Waals surface area contributed by atoms with E-state index in [2.05, 4.69) is 10.7 Å². The van der Waals surface area contributed by atoms with Crippen LogP contribution in [-0.4, -0.2) is 10.9 Å². The average molecular weight is 209 g/mol. The van der Waals surface area contributed by atoms with E-state index in [0.29, 0.717) is 4.99 Å². The van der Waals surface area contributed by atoms with Crippen LogP contribution in [0.15, 0.2) is 24.3 Å². The Balaban J connectivity index is 2.78. The molecule has 4 nitrogen and oxygen atoms in total. The second-order valence-corrected chi connectivity index (χ2v) is 3.14. The zero-order chi connectivity index (χ0) is 10.6. The second-order valence-electron chi connectivity index (χ2n) is 2.73. The lowest BCUT2D eigenvalue weighted by molar-refractivity contribution is -0.114. The van der Waals surface area contributed by atoms with E-state index in [4.69, 9.17) is 18.1 Å². The van der Waals surface area contributed by atoms with Crippen LogP contribution in [0.4, 0.5) is 5.69 Å². The predicted molar refractivity (Wildman–Crippen MR) is 59.8 cm³/mol. The van der Waals surface area contributed by atoms with Gasteiger partial charge in [-0.2, -0.15) is 0 Å². The van der Waals surface area contributed by atoms with Crippen molar-refractivity contribution in [1.29, 1.82) is 0 Å². The molecule has 74 valence electrons. The molecule has 0 saturated heterocycles. The van der Waals surface area contributed by atoms with Crippen molar-refractivity contribution < 1.29 is 4.79 Å². The fraction of sp³-hybridized carbons (Fsp3) is 0.111. The van der Waals surface area contributed by atoms with Crippen LogP contribution in [0.1, 0.15) is 12.5 Å². The summed E-state index contributed by atoms with van der Waals surface area (Å²) in [6, 6.07) is 7.10. The van der Waals surface area contributed by atoms with Crippen LogP contribution >= 0.6 is 12.2 Å². The van der Waals surface area contributed by atoms with Crippen LogP contribution in [0.2, 0.25) is 0 Å². The Morgan fingerprint density at radius 2 is 1.93 bits per heavy atom. The van der Waals surface area contributed by atoms with Crippen molar-refractivity contribution in [2.45, 2.75) is 6.92 Å². The van der Waals surface area contributed by atoms with Crippen molar-refractivity contribution in [2.75, 3.05) is 5.32 Å². The first-order valence-corrected chi connectivity index (χ1v) is 4.43. The molecule has 0 aromatic heterocycles. The van der Waals surface area contributed by atoms with Crippen LogP contribution in [-0.2, 0) is 4.79 Å². The molecule has 0 heterocycles. The Hall–Kier alpha value is -1.46. The third-order valence-corrected chi connectivity index (χ3v) is 1.95. The fourth-order valence-electron chi connectivity index (χ4n) is 0.992. The SMILES string of the molecule is CC(=O)Nc1ccc(C(=S)NN)cc1. The van der Waals surface area contributed by atoms with Crippen LogP contribution in [0.3, 0.4) is 0 Å². The van der Waals surface area contributed by atoms with E-state index in [-0.39, 0.29) is 5.91 Å². The van der Waals surface area contributed by atoms with E-state index in [1.165, 1.54) is 6.92 Å². The third-order valence-electron chi connectivity index (χ3n) is 1.60. The zero-order valence-corrected chi connectivity index (χ0v) is 8.52. The molecule has 14 heavy (non-hydrogen) atoms. The number of anilines is 1. The number of nitrogens with one attached hydrogen (secondary N) is 2. The van der Waals surface area contributed by atoms with Gasteiger partial charge in [-0.15, -0.1) is 0 Å². The predicted octanol–water partition coefficient (Wildman–Crippen LogP) is 0.784. The summed E-state index contributed by atoms with van der Waals surface area (Å²) in [7, 11) is 0. The minimum absolute atomic E-state index is 0.0997. The maximum Gasteiger partial charge on any atom is 0.221 e. The summed E-state index contributed by atoms with van der Waals surface area (Å²) < 4.78 is 0.